The van der Waals surface area contributed by atoms with Crippen molar-refractivity contribution in [2.24, 2.45) is 0 Å². The van der Waals surface area contributed by atoms with Gasteiger partial charge in [-0.2, -0.15) is 5.10 Å². The van der Waals surface area contributed by atoms with Crippen molar-refractivity contribution in [2.75, 3.05) is 11.9 Å². The Kier molecular flexibility index (Phi) is 3.98. The third-order valence-electron chi connectivity index (χ3n) is 2.01. The number of rotatable bonds is 3. The maximum absolute atomic E-state index is 11.5. The lowest BCUT2D eigenvalue weighted by Gasteiger charge is -2.20. The number of nitrogens with one attached hydrogen (secondary N) is 2. The van der Waals surface area contributed by atoms with Gasteiger partial charge in [0.1, 0.15) is 0 Å². The van der Waals surface area contributed by atoms with Crippen LogP contribution in [0.3, 0.4) is 0 Å². The number of aromatic nitrogens is 3. The van der Waals surface area contributed by atoms with E-state index >= 15 is 0 Å². The molecule has 0 aliphatic carbocycles. The van der Waals surface area contributed by atoms with Crippen molar-refractivity contribution in [3.63, 3.8) is 0 Å². The van der Waals surface area contributed by atoms with Gasteiger partial charge in [-0.05, 0) is 34.6 Å². The summed E-state index contributed by atoms with van der Waals surface area (Å²) < 4.78 is 0. The van der Waals surface area contributed by atoms with Crippen LogP contribution in [0.4, 0.5) is 5.95 Å². The molecule has 1 amide bonds. The lowest BCUT2D eigenvalue weighted by molar-refractivity contribution is -0.120. The molecule has 1 aromatic heterocycles. The lowest BCUT2D eigenvalue weighted by atomic mass is 10.1. The molecule has 0 spiro atoms. The zero-order valence-corrected chi connectivity index (χ0v) is 11.0. The predicted octanol–water partition coefficient (Wildman–Crippen LogP) is 0.815. The largest absolute Gasteiger partial charge is 0.350 e. The summed E-state index contributed by atoms with van der Waals surface area (Å²) in [5.74, 6) is 0.275. The standard InChI is InChI=1S/C11H19N5O/c1-7-8(2)15-16-10(13-7)12-6-9(17)14-11(3,4)5/h6H2,1-5H3,(H,14,17)(H,12,13,16). The van der Waals surface area contributed by atoms with Crippen LogP contribution in [0.25, 0.3) is 0 Å². The van der Waals surface area contributed by atoms with Crippen molar-refractivity contribution < 1.29 is 4.79 Å². The van der Waals surface area contributed by atoms with Crippen LogP contribution < -0.4 is 10.6 Å². The van der Waals surface area contributed by atoms with Gasteiger partial charge in [0, 0.05) is 5.54 Å². The number of aryl methyl sites for hydroxylation is 2. The molecule has 1 heterocycles. The van der Waals surface area contributed by atoms with Crippen molar-refractivity contribution in [3.05, 3.63) is 11.4 Å². The topological polar surface area (TPSA) is 79.8 Å². The van der Waals surface area contributed by atoms with Crippen LogP contribution in [0.15, 0.2) is 0 Å². The molecule has 0 bridgehead atoms. The SMILES string of the molecule is Cc1nnc(NCC(=O)NC(C)(C)C)nc1C. The Labute approximate surface area is 101 Å². The molecule has 6 heteroatoms. The highest BCUT2D eigenvalue weighted by atomic mass is 16.2. The van der Waals surface area contributed by atoms with Crippen LogP contribution in [-0.4, -0.2) is 33.2 Å². The fourth-order valence-corrected chi connectivity index (χ4v) is 1.15. The highest BCUT2D eigenvalue weighted by Gasteiger charge is 2.13. The second kappa shape index (κ2) is 5.07. The van der Waals surface area contributed by atoms with Gasteiger partial charge in [0.05, 0.1) is 17.9 Å². The van der Waals surface area contributed by atoms with Gasteiger partial charge in [0.2, 0.25) is 11.9 Å². The Hall–Kier alpha value is -1.72. The molecule has 0 aromatic carbocycles. The van der Waals surface area contributed by atoms with E-state index in [1.54, 1.807) is 0 Å². The van der Waals surface area contributed by atoms with Gasteiger partial charge in [0.25, 0.3) is 0 Å². The average molecular weight is 237 g/mol. The van der Waals surface area contributed by atoms with Crippen molar-refractivity contribution in [2.45, 2.75) is 40.2 Å². The molecule has 0 saturated carbocycles. The average Bonchev–Trinajstić information content (AvgIpc) is 2.17. The summed E-state index contributed by atoms with van der Waals surface area (Å²) in [6, 6.07) is 0. The number of anilines is 1. The van der Waals surface area contributed by atoms with E-state index in [4.69, 9.17) is 0 Å². The van der Waals surface area contributed by atoms with Crippen LogP contribution in [0.5, 0.6) is 0 Å². The number of amides is 1. The number of hydrogen-bond acceptors (Lipinski definition) is 5. The van der Waals surface area contributed by atoms with E-state index in [0.29, 0.717) is 5.95 Å². The lowest BCUT2D eigenvalue weighted by Crippen LogP contribution is -2.43. The fraction of sp³-hybridized carbons (Fsp3) is 0.636. The molecule has 1 aromatic rings. The molecular weight excluding hydrogens is 218 g/mol. The molecular formula is C11H19N5O. The first kappa shape index (κ1) is 13.3. The molecule has 0 fully saturated rings. The normalized spacial score (nSPS) is 11.1. The molecule has 0 atom stereocenters. The highest BCUT2D eigenvalue weighted by molar-refractivity contribution is 5.80. The maximum Gasteiger partial charge on any atom is 0.243 e. The first-order valence-electron chi connectivity index (χ1n) is 5.51. The molecule has 0 saturated heterocycles. The van der Waals surface area contributed by atoms with Crippen molar-refractivity contribution in [1.82, 2.24) is 20.5 Å². The van der Waals surface area contributed by atoms with Gasteiger partial charge < -0.3 is 10.6 Å². The molecule has 94 valence electrons. The Balaban J connectivity index is 2.50. The molecule has 1 rings (SSSR count). The van der Waals surface area contributed by atoms with E-state index in [0.717, 1.165) is 11.4 Å². The zero-order valence-electron chi connectivity index (χ0n) is 11.0. The van der Waals surface area contributed by atoms with Gasteiger partial charge in [-0.15, -0.1) is 5.10 Å². The zero-order chi connectivity index (χ0) is 13.1. The number of hydrogen-bond donors (Lipinski definition) is 2. The number of carbonyl (C=O) groups excluding carboxylic acids is 1. The summed E-state index contributed by atoms with van der Waals surface area (Å²) in [6.45, 7) is 9.62. The van der Waals surface area contributed by atoms with E-state index in [9.17, 15) is 4.79 Å². The Bertz CT molecular complexity index is 411. The van der Waals surface area contributed by atoms with Gasteiger partial charge in [-0.1, -0.05) is 0 Å². The summed E-state index contributed by atoms with van der Waals surface area (Å²) in [4.78, 5) is 15.7. The third-order valence-corrected chi connectivity index (χ3v) is 2.01. The summed E-state index contributed by atoms with van der Waals surface area (Å²) in [7, 11) is 0. The quantitative estimate of drug-likeness (QED) is 0.813. The minimum atomic E-state index is -0.235. The smallest absolute Gasteiger partial charge is 0.243 e. The number of nitrogens with zero attached hydrogens (tertiary/aromatic N) is 3. The molecule has 0 aliphatic heterocycles. The maximum atomic E-state index is 11.5. The van der Waals surface area contributed by atoms with E-state index in [1.807, 2.05) is 34.6 Å². The summed E-state index contributed by atoms with van der Waals surface area (Å²) in [5, 5.41) is 13.5. The first-order chi connectivity index (χ1) is 7.78. The van der Waals surface area contributed by atoms with Crippen LogP contribution in [0.2, 0.25) is 0 Å². The number of carbonyl (C=O) groups is 1. The van der Waals surface area contributed by atoms with Gasteiger partial charge in [0.15, 0.2) is 0 Å². The molecule has 0 radical (unpaired) electrons. The van der Waals surface area contributed by atoms with Crippen LogP contribution >= 0.6 is 0 Å². The van der Waals surface area contributed by atoms with E-state index in [2.05, 4.69) is 25.8 Å². The van der Waals surface area contributed by atoms with Crippen molar-refractivity contribution in [1.29, 1.82) is 0 Å². The van der Waals surface area contributed by atoms with Gasteiger partial charge >= 0.3 is 0 Å². The van der Waals surface area contributed by atoms with Crippen molar-refractivity contribution >= 4 is 11.9 Å². The second-order valence-corrected chi connectivity index (χ2v) is 4.96. The molecule has 0 aliphatic rings. The Morgan fingerprint density at radius 3 is 2.35 bits per heavy atom. The van der Waals surface area contributed by atoms with E-state index in [-0.39, 0.29) is 18.0 Å². The molecule has 6 nitrogen and oxygen atoms in total. The van der Waals surface area contributed by atoms with Crippen LogP contribution in [-0.2, 0) is 4.79 Å². The van der Waals surface area contributed by atoms with Crippen molar-refractivity contribution in [3.8, 4) is 0 Å². The van der Waals surface area contributed by atoms with Gasteiger partial charge in [-0.3, -0.25) is 4.79 Å². The summed E-state index contributed by atoms with van der Waals surface area (Å²) in [5.41, 5.74) is 1.36. The van der Waals surface area contributed by atoms with Crippen LogP contribution in [0, 0.1) is 13.8 Å². The fourth-order valence-electron chi connectivity index (χ4n) is 1.15. The first-order valence-corrected chi connectivity index (χ1v) is 5.51. The Morgan fingerprint density at radius 2 is 1.82 bits per heavy atom. The predicted molar refractivity (Wildman–Crippen MR) is 65.7 cm³/mol. The molecule has 17 heavy (non-hydrogen) atoms. The summed E-state index contributed by atoms with van der Waals surface area (Å²) in [6.07, 6.45) is 0. The van der Waals surface area contributed by atoms with Crippen LogP contribution in [0.1, 0.15) is 32.2 Å². The molecule has 2 N–H and O–H groups in total. The second-order valence-electron chi connectivity index (χ2n) is 4.96. The van der Waals surface area contributed by atoms with E-state index in [1.165, 1.54) is 0 Å². The Morgan fingerprint density at radius 1 is 1.18 bits per heavy atom. The monoisotopic (exact) mass is 237 g/mol. The molecule has 0 unspecified atom stereocenters. The van der Waals surface area contributed by atoms with Gasteiger partial charge in [-0.25, -0.2) is 4.98 Å². The minimum absolute atomic E-state index is 0.0978. The minimum Gasteiger partial charge on any atom is -0.350 e. The third kappa shape index (κ3) is 4.76. The summed E-state index contributed by atoms with van der Waals surface area (Å²) >= 11 is 0. The van der Waals surface area contributed by atoms with E-state index < -0.39 is 0 Å². The highest BCUT2D eigenvalue weighted by Crippen LogP contribution is 2.02.